The van der Waals surface area contributed by atoms with E-state index in [2.05, 4.69) is 452 Å². The lowest BCUT2D eigenvalue weighted by Crippen LogP contribution is -2.84. The molecule has 0 aliphatic carbocycles. The highest BCUT2D eigenvalue weighted by atomic mass is 15.6. The van der Waals surface area contributed by atoms with Gasteiger partial charge >= 0.3 is 0 Å². The van der Waals surface area contributed by atoms with E-state index in [4.69, 9.17) is 6.42 Å². The molecule has 91 heavy (non-hydrogen) atoms. The van der Waals surface area contributed by atoms with Crippen LogP contribution in [0.5, 0.6) is 0 Å². The maximum atomic E-state index is 4.94. The van der Waals surface area contributed by atoms with Gasteiger partial charge in [0.1, 0.15) is 22.2 Å². The van der Waals surface area contributed by atoms with Gasteiger partial charge in [-0.3, -0.25) is 0 Å². The molecule has 0 aromatic heterocycles. The number of nitrogens with zero attached hydrogens (tertiary/aromatic N) is 3. The normalized spacial score (nSPS) is 16.7. The lowest BCUT2D eigenvalue weighted by Gasteiger charge is -2.71. The number of terminal acetylenes is 1. The first-order valence-electron chi connectivity index (χ1n) is 29.1. The topological polar surface area (TPSA) is 0 Å². The lowest BCUT2D eigenvalue weighted by atomic mass is 9.56. The van der Waals surface area contributed by atoms with Crippen LogP contribution in [0.1, 0.15) is 159 Å². The van der Waals surface area contributed by atoms with Crippen LogP contribution in [0.3, 0.4) is 0 Å². The first-order chi connectivity index (χ1) is 41.7. The van der Waals surface area contributed by atoms with E-state index in [0.717, 1.165) is 26.7 Å². The molecule has 4 rings (SSSR count). The summed E-state index contributed by atoms with van der Waals surface area (Å²) in [6, 6.07) is 0. The second kappa shape index (κ2) is 37.9. The van der Waals surface area contributed by atoms with Crippen LogP contribution in [-0.2, 0) is 0 Å². The monoisotopic (exact) mass is 1190 g/mol. The molecule has 3 heteroatoms. The molecular weight excluding hydrogens is 1100 g/mol. The summed E-state index contributed by atoms with van der Waals surface area (Å²) in [5.41, 5.74) is 3.34. The smallest absolute Gasteiger partial charge is 0.104 e. The minimum Gasteiger partial charge on any atom is -0.327 e. The molecule has 4 saturated heterocycles. The fourth-order valence-corrected chi connectivity index (χ4v) is 11.2. The van der Waals surface area contributed by atoms with Gasteiger partial charge in [-0.2, -0.15) is 0 Å². The van der Waals surface area contributed by atoms with Crippen molar-refractivity contribution >= 4 is 0 Å². The van der Waals surface area contributed by atoms with Crippen molar-refractivity contribution in [2.75, 3.05) is 42.3 Å². The molecule has 0 spiro atoms. The number of likely N-dealkylation sites (tertiary alicyclic amines) is 1. The maximum Gasteiger partial charge on any atom is 0.104 e. The predicted octanol–water partition coefficient (Wildman–Crippen LogP) is 11.0. The van der Waals surface area contributed by atoms with E-state index in [-0.39, 0.29) is 7.43 Å². The Kier molecular flexibility index (Phi) is 34.3. The third-order valence-electron chi connectivity index (χ3n) is 17.5. The average Bonchev–Trinajstić information content (AvgIpc) is 1.48. The molecule has 2 bridgehead atoms. The summed E-state index contributed by atoms with van der Waals surface area (Å²) in [6.07, 6.45) is 7.62. The summed E-state index contributed by atoms with van der Waals surface area (Å²) in [6.45, 7) is 47.4. The minimum atomic E-state index is 0. The van der Waals surface area contributed by atoms with Crippen molar-refractivity contribution in [3.05, 3.63) is 0 Å². The maximum absolute atomic E-state index is 4.94. The summed E-state index contributed by atoms with van der Waals surface area (Å²) in [5.74, 6) is 119. The fourth-order valence-electron chi connectivity index (χ4n) is 11.2. The molecule has 3 nitrogen and oxygen atoms in total. The van der Waals surface area contributed by atoms with Gasteiger partial charge < -0.3 is 13.4 Å². The van der Waals surface area contributed by atoms with Gasteiger partial charge in [0.25, 0.3) is 0 Å². The number of rotatable bonds is 2. The quantitative estimate of drug-likeness (QED) is 0.191. The van der Waals surface area contributed by atoms with Crippen molar-refractivity contribution in [2.45, 2.75) is 192 Å². The Morgan fingerprint density at radius 1 is 0.319 bits per heavy atom. The molecule has 0 radical (unpaired) electrons. The zero-order chi connectivity index (χ0) is 68.9. The average molecular weight is 1190 g/mol. The standard InChI is InChI=1S/C49H4.C17H34N.C14H30N.C7H18N.CH4/c1-3-5-7-9-11-13-15-17-19-21-23-25-27-29-31-33-35-37-39-41-43-45-47-49-48-46-44-42-40-38-36-34-32-30-28-26-24-22-20-18-16-14-12-10-8-6-4-2;1-14(2,3)11-12-13-16(6,7)18(10,15(12,4)5)17(13,8)9;1-12(2,3)10-11-13(4,5)15(8,9)14(11,6)7;1-7(2,3)8(4,5)6;/h1H,2H3;12-13H,11H2,1-10H3;11H,10H2,1-9H3;1-6H3;1H4/q;3*+1;. The van der Waals surface area contributed by atoms with E-state index < -0.39 is 0 Å². The van der Waals surface area contributed by atoms with E-state index in [9.17, 15) is 0 Å². The molecule has 454 valence electrons. The highest BCUT2D eigenvalue weighted by Gasteiger charge is 2.86. The molecule has 0 amide bonds. The summed E-state index contributed by atoms with van der Waals surface area (Å²) < 4.78 is 3.40. The van der Waals surface area contributed by atoms with Crippen LogP contribution in [0.2, 0.25) is 0 Å². The molecule has 0 saturated carbocycles. The number of hydrogen-bond donors (Lipinski definition) is 0. The molecule has 1 unspecified atom stereocenters. The Bertz CT molecular complexity index is 4320. The van der Waals surface area contributed by atoms with Crippen LogP contribution < -0.4 is 0 Å². The van der Waals surface area contributed by atoms with Gasteiger partial charge in [0.05, 0.1) is 65.2 Å². The third kappa shape index (κ3) is 26.7. The summed E-state index contributed by atoms with van der Waals surface area (Å²) in [7, 11) is 13.9. The first kappa shape index (κ1) is 82.4. The highest BCUT2D eigenvalue weighted by molar-refractivity contribution is 5.51. The van der Waals surface area contributed by atoms with E-state index in [1.807, 2.05) is 0 Å². The SMILES string of the molecule is C.C#CC#CC#CC#CC#CC#CC#CC#CC#CC#CC#CC#CC#CC#CC#CC#CC#CC#CC#CC#CC#CC#CC#CC#CC.CC(C)(C)CC1C(C)(C)[N+](C)(C)C1(C)C.CC(C)(C)CC1C2C(C)(C)[N+](C)(C1(C)C)C2(C)C.CC(C)(C)[N+](C)(C)C. The Hall–Kier alpha value is -10.7. The minimum absolute atomic E-state index is 0. The number of fused-ring (bicyclic) bond motifs is 1. The summed E-state index contributed by atoms with van der Waals surface area (Å²) >= 11 is 0. The molecule has 4 heterocycles. The Labute approximate surface area is 557 Å². The van der Waals surface area contributed by atoms with Crippen molar-refractivity contribution in [2.24, 2.45) is 28.6 Å². The van der Waals surface area contributed by atoms with E-state index in [1.165, 1.54) is 17.3 Å². The fraction of sp³-hybridized carbons (Fsp3) is 0.455. The van der Waals surface area contributed by atoms with Crippen molar-refractivity contribution in [1.82, 2.24) is 0 Å². The number of hydrogen-bond acceptors (Lipinski definition) is 0. The predicted molar refractivity (Wildman–Crippen MR) is 385 cm³/mol. The second-order valence-electron chi connectivity index (χ2n) is 28.1. The van der Waals surface area contributed by atoms with Crippen molar-refractivity contribution < 1.29 is 13.4 Å². The summed E-state index contributed by atoms with van der Waals surface area (Å²) in [5, 5.41) is 0. The molecule has 0 aromatic rings. The van der Waals surface area contributed by atoms with Crippen LogP contribution in [-0.4, -0.2) is 89.0 Å². The van der Waals surface area contributed by atoms with Crippen LogP contribution in [0, 0.1) is 313 Å². The van der Waals surface area contributed by atoms with Gasteiger partial charge in [-0.15, -0.1) is 6.42 Å². The summed E-state index contributed by atoms with van der Waals surface area (Å²) in [4.78, 5) is 0. The molecule has 4 aliphatic heterocycles. The highest BCUT2D eigenvalue weighted by Crippen LogP contribution is 2.73. The molecule has 1 atom stereocenters. The Balaban J connectivity index is 0. The Morgan fingerprint density at radius 3 is 0.648 bits per heavy atom. The van der Waals surface area contributed by atoms with Crippen molar-refractivity contribution in [1.29, 1.82) is 0 Å². The van der Waals surface area contributed by atoms with Gasteiger partial charge in [-0.25, -0.2) is 0 Å². The van der Waals surface area contributed by atoms with Crippen molar-refractivity contribution in [3.8, 4) is 285 Å². The van der Waals surface area contributed by atoms with Crippen LogP contribution in [0.4, 0.5) is 0 Å². The van der Waals surface area contributed by atoms with E-state index in [1.54, 1.807) is 6.92 Å². The van der Waals surface area contributed by atoms with Gasteiger partial charge in [0, 0.05) is 184 Å². The van der Waals surface area contributed by atoms with Crippen molar-refractivity contribution in [3.63, 3.8) is 0 Å². The second-order valence-corrected chi connectivity index (χ2v) is 28.1. The first-order valence-corrected chi connectivity index (χ1v) is 29.1. The number of quaternary nitrogens is 3. The van der Waals surface area contributed by atoms with Crippen LogP contribution >= 0.6 is 0 Å². The zero-order valence-electron chi connectivity index (χ0n) is 58.6. The van der Waals surface area contributed by atoms with Gasteiger partial charge in [-0.05, 0) is 215 Å². The van der Waals surface area contributed by atoms with Crippen LogP contribution in [0.15, 0.2) is 0 Å². The van der Waals surface area contributed by atoms with Gasteiger partial charge in [0.15, 0.2) is 0 Å². The zero-order valence-corrected chi connectivity index (χ0v) is 58.6. The molecule has 0 N–H and O–H groups in total. The van der Waals surface area contributed by atoms with E-state index >= 15 is 0 Å². The third-order valence-corrected chi connectivity index (χ3v) is 17.5. The van der Waals surface area contributed by atoms with Crippen LogP contribution in [0.25, 0.3) is 0 Å². The molecule has 0 aromatic carbocycles. The Morgan fingerprint density at radius 2 is 0.505 bits per heavy atom. The van der Waals surface area contributed by atoms with E-state index in [0.29, 0.717) is 44.1 Å². The van der Waals surface area contributed by atoms with Gasteiger partial charge in [0.2, 0.25) is 0 Å². The lowest BCUT2D eigenvalue weighted by molar-refractivity contribution is -1.06. The van der Waals surface area contributed by atoms with Gasteiger partial charge in [-0.1, -0.05) is 54.9 Å². The molecule has 4 fully saturated rings. The molecule has 4 aliphatic rings. The molecular formula is C88H90N3+3. The largest absolute Gasteiger partial charge is 0.327 e.